The van der Waals surface area contributed by atoms with Crippen molar-refractivity contribution in [3.63, 3.8) is 0 Å². The van der Waals surface area contributed by atoms with Gasteiger partial charge in [0.05, 0.1) is 5.60 Å². The summed E-state index contributed by atoms with van der Waals surface area (Å²) >= 11 is 0. The number of hydrogen-bond donors (Lipinski definition) is 2. The molecule has 0 bridgehead atoms. The largest absolute Gasteiger partial charge is 0.385 e. The van der Waals surface area contributed by atoms with Crippen LogP contribution >= 0.6 is 0 Å². The second-order valence-corrected chi connectivity index (χ2v) is 4.76. The highest BCUT2D eigenvalue weighted by Crippen LogP contribution is 2.64. The molecule has 2 saturated carbocycles. The van der Waals surface area contributed by atoms with Crippen LogP contribution < -0.4 is 5.56 Å². The van der Waals surface area contributed by atoms with Crippen LogP contribution in [-0.2, 0) is 5.60 Å². The lowest BCUT2D eigenvalue weighted by atomic mass is 10.0. The van der Waals surface area contributed by atoms with E-state index in [0.717, 1.165) is 18.4 Å². The molecular formula is C12H15NO2. The maximum atomic E-state index is 10.9. The zero-order valence-electron chi connectivity index (χ0n) is 8.57. The van der Waals surface area contributed by atoms with Crippen molar-refractivity contribution in [1.29, 1.82) is 0 Å². The van der Waals surface area contributed by atoms with Crippen molar-refractivity contribution in [1.82, 2.24) is 4.98 Å². The maximum absolute atomic E-state index is 10.9. The summed E-state index contributed by atoms with van der Waals surface area (Å²) in [5, 5.41) is 10.5. The number of aromatic nitrogens is 1. The first-order chi connectivity index (χ1) is 7.23. The summed E-state index contributed by atoms with van der Waals surface area (Å²) in [6.07, 6.45) is 6.38. The van der Waals surface area contributed by atoms with Gasteiger partial charge in [-0.25, -0.2) is 0 Å². The van der Waals surface area contributed by atoms with Crippen molar-refractivity contribution in [3.8, 4) is 0 Å². The second-order valence-electron chi connectivity index (χ2n) is 4.76. The third-order valence-corrected chi connectivity index (χ3v) is 4.03. The van der Waals surface area contributed by atoms with Crippen molar-refractivity contribution in [2.45, 2.75) is 31.3 Å². The minimum atomic E-state index is -0.638. The van der Waals surface area contributed by atoms with Crippen LogP contribution in [0.4, 0.5) is 0 Å². The van der Waals surface area contributed by atoms with Crippen LogP contribution in [0.15, 0.2) is 23.1 Å². The molecule has 2 N–H and O–H groups in total. The highest BCUT2D eigenvalue weighted by Gasteiger charge is 2.64. The second kappa shape index (κ2) is 2.95. The van der Waals surface area contributed by atoms with Gasteiger partial charge in [-0.05, 0) is 30.7 Å². The van der Waals surface area contributed by atoms with Gasteiger partial charge in [0, 0.05) is 17.8 Å². The Hall–Kier alpha value is -1.09. The zero-order valence-corrected chi connectivity index (χ0v) is 8.57. The number of hydrogen-bond acceptors (Lipinski definition) is 2. The van der Waals surface area contributed by atoms with Crippen molar-refractivity contribution >= 4 is 0 Å². The molecule has 0 radical (unpaired) electrons. The summed E-state index contributed by atoms with van der Waals surface area (Å²) in [4.78, 5) is 13.6. The predicted octanol–water partition coefficient (Wildman–Crippen LogP) is 1.38. The van der Waals surface area contributed by atoms with Gasteiger partial charge in [0.15, 0.2) is 0 Å². The molecule has 3 heteroatoms. The Bertz CT molecular complexity index is 405. The highest BCUT2D eigenvalue weighted by atomic mass is 16.3. The van der Waals surface area contributed by atoms with E-state index < -0.39 is 5.60 Å². The number of H-pyrrole nitrogens is 1. The smallest absolute Gasteiger partial charge is 0.247 e. The highest BCUT2D eigenvalue weighted by molar-refractivity contribution is 5.30. The molecule has 1 aromatic heterocycles. The fourth-order valence-electron chi connectivity index (χ4n) is 3.18. The van der Waals surface area contributed by atoms with Gasteiger partial charge in [-0.15, -0.1) is 0 Å². The van der Waals surface area contributed by atoms with E-state index >= 15 is 0 Å². The van der Waals surface area contributed by atoms with Crippen molar-refractivity contribution < 1.29 is 5.11 Å². The Balaban J connectivity index is 1.94. The van der Waals surface area contributed by atoms with E-state index in [-0.39, 0.29) is 5.56 Å². The van der Waals surface area contributed by atoms with E-state index in [2.05, 4.69) is 4.98 Å². The molecule has 0 aromatic carbocycles. The van der Waals surface area contributed by atoms with Crippen LogP contribution in [-0.4, -0.2) is 10.1 Å². The number of fused-ring (bicyclic) bond motifs is 1. The standard InChI is InChI=1S/C12H15NO2/c14-11-6-5-8(7-13-11)12(15)9-3-1-2-4-10(9)12/h5-7,9-10,15H,1-4H2,(H,13,14). The zero-order chi connectivity index (χ0) is 10.5. The van der Waals surface area contributed by atoms with Crippen molar-refractivity contribution in [3.05, 3.63) is 34.2 Å². The van der Waals surface area contributed by atoms with Crippen LogP contribution in [0.25, 0.3) is 0 Å². The molecule has 2 fully saturated rings. The van der Waals surface area contributed by atoms with Crippen LogP contribution in [0.2, 0.25) is 0 Å². The molecule has 3 nitrogen and oxygen atoms in total. The molecular weight excluding hydrogens is 190 g/mol. The van der Waals surface area contributed by atoms with E-state index in [0.29, 0.717) is 11.8 Å². The molecule has 3 rings (SSSR count). The number of pyridine rings is 1. The maximum Gasteiger partial charge on any atom is 0.247 e. The van der Waals surface area contributed by atoms with Gasteiger partial charge >= 0.3 is 0 Å². The monoisotopic (exact) mass is 205 g/mol. The molecule has 0 amide bonds. The summed E-state index contributed by atoms with van der Waals surface area (Å²) in [6, 6.07) is 3.26. The SMILES string of the molecule is O=c1ccc(C2(O)C3CCCCC32)c[nH]1. The van der Waals surface area contributed by atoms with E-state index in [9.17, 15) is 9.90 Å². The topological polar surface area (TPSA) is 53.1 Å². The number of aliphatic hydroxyl groups is 1. The summed E-state index contributed by atoms with van der Waals surface area (Å²) in [5.41, 5.74) is 0.144. The van der Waals surface area contributed by atoms with Gasteiger partial charge in [0.1, 0.15) is 0 Å². The Morgan fingerprint density at radius 1 is 1.27 bits per heavy atom. The molecule has 2 atom stereocenters. The molecule has 0 spiro atoms. The van der Waals surface area contributed by atoms with E-state index in [1.165, 1.54) is 18.9 Å². The molecule has 1 heterocycles. The Morgan fingerprint density at radius 3 is 2.47 bits per heavy atom. The van der Waals surface area contributed by atoms with E-state index in [1.54, 1.807) is 12.3 Å². The van der Waals surface area contributed by atoms with E-state index in [1.807, 2.05) is 0 Å². The number of aromatic amines is 1. The minimum Gasteiger partial charge on any atom is -0.385 e. The lowest BCUT2D eigenvalue weighted by Crippen LogP contribution is -2.13. The first kappa shape index (κ1) is 9.16. The Morgan fingerprint density at radius 2 is 1.93 bits per heavy atom. The molecule has 15 heavy (non-hydrogen) atoms. The number of nitrogens with one attached hydrogen (secondary N) is 1. The lowest BCUT2D eigenvalue weighted by Gasteiger charge is -2.09. The van der Waals surface area contributed by atoms with Gasteiger partial charge in [-0.3, -0.25) is 4.79 Å². The van der Waals surface area contributed by atoms with Gasteiger partial charge in [-0.2, -0.15) is 0 Å². The number of rotatable bonds is 1. The summed E-state index contributed by atoms with van der Waals surface area (Å²) in [7, 11) is 0. The molecule has 2 aliphatic rings. The third-order valence-electron chi connectivity index (χ3n) is 4.03. The van der Waals surface area contributed by atoms with Crippen molar-refractivity contribution in [2.75, 3.05) is 0 Å². The normalized spacial score (nSPS) is 38.5. The van der Waals surface area contributed by atoms with Gasteiger partial charge in [-0.1, -0.05) is 12.8 Å². The average molecular weight is 205 g/mol. The Kier molecular flexibility index (Phi) is 1.80. The van der Waals surface area contributed by atoms with Crippen LogP contribution in [0.3, 0.4) is 0 Å². The summed E-state index contributed by atoms with van der Waals surface area (Å²) < 4.78 is 0. The van der Waals surface area contributed by atoms with Crippen molar-refractivity contribution in [2.24, 2.45) is 11.8 Å². The quantitative estimate of drug-likeness (QED) is 0.727. The fourth-order valence-corrected chi connectivity index (χ4v) is 3.18. The fraction of sp³-hybridized carbons (Fsp3) is 0.583. The van der Waals surface area contributed by atoms with Gasteiger partial charge < -0.3 is 10.1 Å². The van der Waals surface area contributed by atoms with Gasteiger partial charge in [0.2, 0.25) is 5.56 Å². The third kappa shape index (κ3) is 1.19. The summed E-state index contributed by atoms with van der Waals surface area (Å²) in [6.45, 7) is 0. The molecule has 0 aliphatic heterocycles. The van der Waals surface area contributed by atoms with E-state index in [4.69, 9.17) is 0 Å². The lowest BCUT2D eigenvalue weighted by molar-refractivity contribution is 0.117. The van der Waals surface area contributed by atoms with Gasteiger partial charge in [0.25, 0.3) is 0 Å². The molecule has 1 aromatic rings. The van der Waals surface area contributed by atoms with Crippen LogP contribution in [0, 0.1) is 11.8 Å². The first-order valence-corrected chi connectivity index (χ1v) is 5.64. The average Bonchev–Trinajstić information content (AvgIpc) is 2.88. The summed E-state index contributed by atoms with van der Waals surface area (Å²) in [5.74, 6) is 0.856. The molecule has 0 saturated heterocycles. The Labute approximate surface area is 88.1 Å². The molecule has 2 unspecified atom stereocenters. The first-order valence-electron chi connectivity index (χ1n) is 5.64. The predicted molar refractivity (Wildman–Crippen MR) is 56.4 cm³/mol. The molecule has 2 aliphatic carbocycles. The van der Waals surface area contributed by atoms with Crippen LogP contribution in [0.1, 0.15) is 31.2 Å². The molecule has 80 valence electrons. The van der Waals surface area contributed by atoms with Crippen LogP contribution in [0.5, 0.6) is 0 Å². The minimum absolute atomic E-state index is 0.106.